The van der Waals surface area contributed by atoms with Crippen molar-refractivity contribution in [1.82, 2.24) is 10.3 Å². The average Bonchev–Trinajstić information content (AvgIpc) is 2.89. The highest BCUT2D eigenvalue weighted by Gasteiger charge is 2.12. The lowest BCUT2D eigenvalue weighted by atomic mass is 10.0. The summed E-state index contributed by atoms with van der Waals surface area (Å²) in [7, 11) is 0. The Kier molecular flexibility index (Phi) is 7.82. The number of ether oxygens (including phenoxy) is 1. The van der Waals surface area contributed by atoms with Crippen molar-refractivity contribution < 1.29 is 4.74 Å². The lowest BCUT2D eigenvalue weighted by molar-refractivity contribution is 0.0610. The molecule has 0 aliphatic carbocycles. The number of nitrogens with zero attached hydrogens (tertiary/aromatic N) is 1. The molecule has 2 unspecified atom stereocenters. The maximum Gasteiger partial charge on any atom is 0.121 e. The summed E-state index contributed by atoms with van der Waals surface area (Å²) in [5.74, 6) is 0. The van der Waals surface area contributed by atoms with Crippen LogP contribution < -0.4 is 5.32 Å². The Hall–Kier alpha value is -0.160. The molecule has 104 valence electrons. The summed E-state index contributed by atoms with van der Waals surface area (Å²) in [4.78, 5) is 4.27. The Bertz CT molecular complexity index is 302. The third kappa shape index (κ3) is 5.22. The summed E-state index contributed by atoms with van der Waals surface area (Å²) in [6.45, 7) is 4.12. The van der Waals surface area contributed by atoms with Gasteiger partial charge in [0.2, 0.25) is 0 Å². The van der Waals surface area contributed by atoms with Gasteiger partial charge in [0.1, 0.15) is 11.1 Å². The minimum absolute atomic E-state index is 0. The zero-order valence-electron chi connectivity index (χ0n) is 10.9. The van der Waals surface area contributed by atoms with E-state index in [0.29, 0.717) is 0 Å². The quantitative estimate of drug-likeness (QED) is 0.814. The summed E-state index contributed by atoms with van der Waals surface area (Å²) in [5.41, 5.74) is 0. The minimum Gasteiger partial charge on any atom is -0.371 e. The Morgan fingerprint density at radius 3 is 3.11 bits per heavy atom. The molecule has 0 amide bonds. The number of rotatable bonds is 6. The molecular weight excluding hydrogens is 268 g/mol. The van der Waals surface area contributed by atoms with Crippen LogP contribution in [0.3, 0.4) is 0 Å². The summed E-state index contributed by atoms with van der Waals surface area (Å²) < 4.78 is 5.80. The average molecular weight is 291 g/mol. The molecule has 2 atom stereocenters. The van der Waals surface area contributed by atoms with Crippen molar-refractivity contribution in [3.63, 3.8) is 0 Å². The number of thiazole rings is 1. The van der Waals surface area contributed by atoms with E-state index in [1.165, 1.54) is 32.2 Å². The molecule has 1 saturated heterocycles. The molecule has 2 heterocycles. The molecule has 1 aliphatic rings. The number of nitrogens with one attached hydrogen (secondary N) is 1. The largest absolute Gasteiger partial charge is 0.371 e. The van der Waals surface area contributed by atoms with E-state index in [1.54, 1.807) is 11.3 Å². The molecule has 18 heavy (non-hydrogen) atoms. The fourth-order valence-electron chi connectivity index (χ4n) is 2.27. The lowest BCUT2D eigenvalue weighted by Crippen LogP contribution is -2.34. The second kappa shape index (κ2) is 8.86. The molecule has 0 saturated carbocycles. The monoisotopic (exact) mass is 290 g/mol. The van der Waals surface area contributed by atoms with E-state index in [4.69, 9.17) is 4.74 Å². The number of hydrogen-bond acceptors (Lipinski definition) is 4. The van der Waals surface area contributed by atoms with Crippen molar-refractivity contribution in [2.75, 3.05) is 13.2 Å². The predicted molar refractivity (Wildman–Crippen MR) is 78.6 cm³/mol. The number of aromatic nitrogens is 1. The van der Waals surface area contributed by atoms with Gasteiger partial charge in [-0.1, -0.05) is 6.42 Å². The normalized spacial score (nSPS) is 21.3. The first-order valence-electron chi connectivity index (χ1n) is 6.60. The van der Waals surface area contributed by atoms with Crippen LogP contribution >= 0.6 is 23.7 Å². The highest BCUT2D eigenvalue weighted by atomic mass is 35.5. The molecule has 0 bridgehead atoms. The summed E-state index contributed by atoms with van der Waals surface area (Å²) in [6.07, 6.45) is 8.43. The van der Waals surface area contributed by atoms with Crippen LogP contribution in [-0.4, -0.2) is 24.2 Å². The van der Waals surface area contributed by atoms with Crippen molar-refractivity contribution in [2.45, 2.75) is 51.2 Å². The van der Waals surface area contributed by atoms with Gasteiger partial charge in [0, 0.05) is 24.2 Å². The van der Waals surface area contributed by atoms with Crippen LogP contribution in [0.15, 0.2) is 11.6 Å². The first kappa shape index (κ1) is 15.9. The van der Waals surface area contributed by atoms with E-state index in [2.05, 4.69) is 17.2 Å². The first-order chi connectivity index (χ1) is 8.36. The van der Waals surface area contributed by atoms with Gasteiger partial charge in [0.15, 0.2) is 0 Å². The first-order valence-corrected chi connectivity index (χ1v) is 7.48. The topological polar surface area (TPSA) is 34.1 Å². The second-order valence-electron chi connectivity index (χ2n) is 4.67. The molecule has 1 fully saturated rings. The van der Waals surface area contributed by atoms with Gasteiger partial charge in [0.25, 0.3) is 0 Å². The van der Waals surface area contributed by atoms with Gasteiger partial charge < -0.3 is 10.1 Å². The second-order valence-corrected chi connectivity index (χ2v) is 5.60. The molecule has 5 heteroatoms. The van der Waals surface area contributed by atoms with E-state index in [1.807, 2.05) is 11.6 Å². The third-order valence-electron chi connectivity index (χ3n) is 3.28. The standard InChI is InChI=1S/C13H22N2OS.ClH/c1-11(13-15-8-10-17-13)16-9-4-6-12-5-2-3-7-14-12;/h8,10-12,14H,2-7,9H2,1H3;1H. The van der Waals surface area contributed by atoms with Crippen LogP contribution in [0, 0.1) is 0 Å². The Balaban J connectivity index is 0.00000162. The molecule has 1 aliphatic heterocycles. The zero-order valence-corrected chi connectivity index (χ0v) is 12.6. The van der Waals surface area contributed by atoms with Gasteiger partial charge in [-0.2, -0.15) is 0 Å². The van der Waals surface area contributed by atoms with Gasteiger partial charge >= 0.3 is 0 Å². The Morgan fingerprint density at radius 1 is 1.56 bits per heavy atom. The third-order valence-corrected chi connectivity index (χ3v) is 4.21. The molecule has 0 spiro atoms. The van der Waals surface area contributed by atoms with Crippen molar-refractivity contribution in [1.29, 1.82) is 0 Å². The summed E-state index contributed by atoms with van der Waals surface area (Å²) in [6, 6.07) is 0.725. The van der Waals surface area contributed by atoms with Crippen molar-refractivity contribution in [3.8, 4) is 0 Å². The number of halogens is 1. The van der Waals surface area contributed by atoms with Gasteiger partial charge in [-0.3, -0.25) is 0 Å². The Morgan fingerprint density at radius 2 is 2.44 bits per heavy atom. The van der Waals surface area contributed by atoms with Crippen LogP contribution in [0.1, 0.15) is 50.1 Å². The number of piperidine rings is 1. The molecule has 2 rings (SSSR count). The van der Waals surface area contributed by atoms with E-state index < -0.39 is 0 Å². The SMILES string of the molecule is CC(OCCCC1CCCCN1)c1nccs1.Cl. The van der Waals surface area contributed by atoms with Crippen LogP contribution in [0.25, 0.3) is 0 Å². The summed E-state index contributed by atoms with van der Waals surface area (Å²) >= 11 is 1.67. The molecule has 1 aromatic rings. The zero-order chi connectivity index (χ0) is 11.9. The van der Waals surface area contributed by atoms with Gasteiger partial charge in [0.05, 0.1) is 0 Å². The fraction of sp³-hybridized carbons (Fsp3) is 0.769. The predicted octanol–water partition coefficient (Wildman–Crippen LogP) is 3.56. The van der Waals surface area contributed by atoms with Crippen LogP contribution in [0.4, 0.5) is 0 Å². The fourth-order valence-corrected chi connectivity index (χ4v) is 2.91. The molecule has 0 aromatic carbocycles. The van der Waals surface area contributed by atoms with E-state index in [-0.39, 0.29) is 18.5 Å². The smallest absolute Gasteiger partial charge is 0.121 e. The molecule has 0 radical (unpaired) electrons. The van der Waals surface area contributed by atoms with Crippen LogP contribution in [-0.2, 0) is 4.74 Å². The van der Waals surface area contributed by atoms with Crippen molar-refractivity contribution >= 4 is 23.7 Å². The van der Waals surface area contributed by atoms with E-state index >= 15 is 0 Å². The molecule has 1 aromatic heterocycles. The highest BCUT2D eigenvalue weighted by molar-refractivity contribution is 7.09. The molecule has 3 nitrogen and oxygen atoms in total. The molecule has 1 N–H and O–H groups in total. The minimum atomic E-state index is 0. The van der Waals surface area contributed by atoms with E-state index in [9.17, 15) is 0 Å². The molecular formula is C13H23ClN2OS. The van der Waals surface area contributed by atoms with Crippen LogP contribution in [0.2, 0.25) is 0 Å². The number of hydrogen-bond donors (Lipinski definition) is 1. The van der Waals surface area contributed by atoms with E-state index in [0.717, 1.165) is 24.1 Å². The van der Waals surface area contributed by atoms with Crippen LogP contribution in [0.5, 0.6) is 0 Å². The van der Waals surface area contributed by atoms with Crippen molar-refractivity contribution in [3.05, 3.63) is 16.6 Å². The summed E-state index contributed by atoms with van der Waals surface area (Å²) in [5, 5.41) is 6.65. The maximum absolute atomic E-state index is 5.80. The lowest BCUT2D eigenvalue weighted by Gasteiger charge is -2.23. The Labute approximate surface area is 120 Å². The van der Waals surface area contributed by atoms with Gasteiger partial charge in [-0.05, 0) is 39.2 Å². The van der Waals surface area contributed by atoms with Gasteiger partial charge in [-0.25, -0.2) is 4.98 Å². The van der Waals surface area contributed by atoms with Crippen molar-refractivity contribution in [2.24, 2.45) is 0 Å². The van der Waals surface area contributed by atoms with Gasteiger partial charge in [-0.15, -0.1) is 23.7 Å². The highest BCUT2D eigenvalue weighted by Crippen LogP contribution is 2.19. The maximum atomic E-state index is 5.80.